The molecule has 2 aliphatic rings. The van der Waals surface area contributed by atoms with E-state index in [4.69, 9.17) is 9.47 Å². The summed E-state index contributed by atoms with van der Waals surface area (Å²) >= 11 is 0. The minimum Gasteiger partial charge on any atom is -0.487 e. The van der Waals surface area contributed by atoms with Gasteiger partial charge >= 0.3 is 5.97 Å². The molecule has 0 spiro atoms. The van der Waals surface area contributed by atoms with Gasteiger partial charge in [0, 0.05) is 31.4 Å². The Balaban J connectivity index is 1.53. The Labute approximate surface area is 224 Å². The summed E-state index contributed by atoms with van der Waals surface area (Å²) in [5, 5.41) is 20.5. The normalized spacial score (nSPS) is 21.7. The quantitative estimate of drug-likeness (QED) is 0.399. The van der Waals surface area contributed by atoms with Crippen LogP contribution < -0.4 is 10.2 Å². The number of fused-ring (bicyclic) bond motifs is 1. The number of halogens is 2. The van der Waals surface area contributed by atoms with Crippen molar-refractivity contribution < 1.29 is 33.3 Å². The smallest absolute Gasteiger partial charge is 0.343 e. The molecule has 2 N–H and O–H groups in total. The molecular weight excluding hydrogens is 510 g/mol. The van der Waals surface area contributed by atoms with Crippen molar-refractivity contribution in [3.8, 4) is 5.75 Å². The van der Waals surface area contributed by atoms with Crippen molar-refractivity contribution in [3.05, 3.63) is 75.6 Å². The first-order valence-corrected chi connectivity index (χ1v) is 13.2. The molecule has 2 aromatic carbocycles. The van der Waals surface area contributed by atoms with E-state index in [-0.39, 0.29) is 42.1 Å². The molecule has 1 saturated carbocycles. The molecule has 1 aromatic heterocycles. The lowest BCUT2D eigenvalue weighted by Gasteiger charge is -2.43. The van der Waals surface area contributed by atoms with Crippen LogP contribution in [0.3, 0.4) is 0 Å². The Morgan fingerprint density at radius 3 is 2.62 bits per heavy atom. The van der Waals surface area contributed by atoms with Gasteiger partial charge in [0.1, 0.15) is 12.2 Å². The number of hydrogen-bond donors (Lipinski definition) is 2. The highest BCUT2D eigenvalue weighted by Gasteiger charge is 2.39. The van der Waals surface area contributed by atoms with E-state index in [1.165, 1.54) is 6.20 Å². The van der Waals surface area contributed by atoms with Crippen molar-refractivity contribution in [3.63, 3.8) is 0 Å². The Morgan fingerprint density at radius 1 is 1.21 bits per heavy atom. The van der Waals surface area contributed by atoms with E-state index < -0.39 is 47.0 Å². The Kier molecular flexibility index (Phi) is 7.70. The van der Waals surface area contributed by atoms with E-state index in [0.717, 1.165) is 24.5 Å². The molecule has 10 heteroatoms. The van der Waals surface area contributed by atoms with Gasteiger partial charge in [-0.2, -0.15) is 4.39 Å². The third-order valence-corrected chi connectivity index (χ3v) is 7.54. The maximum absolute atomic E-state index is 15.3. The molecule has 208 valence electrons. The van der Waals surface area contributed by atoms with Gasteiger partial charge in [0.15, 0.2) is 11.6 Å². The topological polar surface area (TPSA) is 101 Å². The number of benzene rings is 2. The van der Waals surface area contributed by atoms with Crippen LogP contribution in [0, 0.1) is 11.6 Å². The van der Waals surface area contributed by atoms with Gasteiger partial charge in [-0.1, -0.05) is 30.3 Å². The molecule has 2 heterocycles. The van der Waals surface area contributed by atoms with Gasteiger partial charge in [0.05, 0.1) is 29.7 Å². The number of aliphatic hydroxyl groups is 2. The summed E-state index contributed by atoms with van der Waals surface area (Å²) in [7, 11) is 0. The molecule has 1 aliphatic carbocycles. The molecule has 1 aliphatic heterocycles. The van der Waals surface area contributed by atoms with Crippen LogP contribution >= 0.6 is 0 Å². The van der Waals surface area contributed by atoms with Crippen LogP contribution in [0.4, 0.5) is 8.78 Å². The molecule has 1 unspecified atom stereocenters. The van der Waals surface area contributed by atoms with Crippen LogP contribution in [0.25, 0.3) is 10.9 Å². The summed E-state index contributed by atoms with van der Waals surface area (Å²) < 4.78 is 42.7. The number of likely N-dealkylation sites (tertiary alicyclic amines) is 1. The van der Waals surface area contributed by atoms with Crippen LogP contribution in [0.1, 0.15) is 54.6 Å². The maximum Gasteiger partial charge on any atom is 0.343 e. The minimum atomic E-state index is -1.32. The third-order valence-electron chi connectivity index (χ3n) is 7.54. The van der Waals surface area contributed by atoms with Crippen molar-refractivity contribution in [2.75, 3.05) is 26.4 Å². The zero-order chi connectivity index (χ0) is 27.7. The average molecular weight is 543 g/mol. The molecule has 0 amide bonds. The molecule has 2 atom stereocenters. The largest absolute Gasteiger partial charge is 0.487 e. The maximum atomic E-state index is 15.3. The summed E-state index contributed by atoms with van der Waals surface area (Å²) in [6, 6.07) is 9.96. The lowest BCUT2D eigenvalue weighted by atomic mass is 9.87. The summed E-state index contributed by atoms with van der Waals surface area (Å²) in [6.45, 7) is 2.12. The molecule has 39 heavy (non-hydrogen) atoms. The molecule has 0 bridgehead atoms. The lowest BCUT2D eigenvalue weighted by Crippen LogP contribution is -2.53. The monoisotopic (exact) mass is 542 g/mol. The van der Waals surface area contributed by atoms with Crippen LogP contribution in [-0.2, 0) is 11.3 Å². The van der Waals surface area contributed by atoms with Gasteiger partial charge in [-0.15, -0.1) is 0 Å². The first kappa shape index (κ1) is 27.2. The number of carbonyl (C=O) groups excluding carboxylic acids is 1. The van der Waals surface area contributed by atoms with E-state index >= 15 is 4.39 Å². The number of rotatable bonds is 9. The standard InChI is InChI=1S/C29H32F2N2O6/c1-2-38-28(36)22-15-33(19-8-9-19)25-21(26(22)35)12-23(30)24(31)27(25)39-16-20-13-29(37,17-34)10-11-32(20)14-18-6-4-3-5-7-18/h3-7,12,15,19-20,34,37H,2,8-11,13-14,16-17H2,1H3/t20?,29-/m1/s1. The van der Waals surface area contributed by atoms with Crippen LogP contribution in [0.15, 0.2) is 47.4 Å². The number of aromatic nitrogens is 1. The zero-order valence-electron chi connectivity index (χ0n) is 21.7. The van der Waals surface area contributed by atoms with Gasteiger partial charge < -0.3 is 24.3 Å². The van der Waals surface area contributed by atoms with Crippen molar-refractivity contribution in [1.82, 2.24) is 9.47 Å². The van der Waals surface area contributed by atoms with Crippen molar-refractivity contribution in [1.29, 1.82) is 0 Å². The second-order valence-electron chi connectivity index (χ2n) is 10.4. The number of carbonyl (C=O) groups is 1. The van der Waals surface area contributed by atoms with Gasteiger partial charge in [0.2, 0.25) is 11.2 Å². The van der Waals surface area contributed by atoms with E-state index in [2.05, 4.69) is 4.90 Å². The van der Waals surface area contributed by atoms with E-state index in [9.17, 15) is 24.2 Å². The fraction of sp³-hybridized carbons (Fsp3) is 0.448. The Hall–Kier alpha value is -3.34. The molecule has 5 rings (SSSR count). The summed E-state index contributed by atoms with van der Waals surface area (Å²) in [5.41, 5.74) is -1.22. The van der Waals surface area contributed by atoms with Gasteiger partial charge in [-0.25, -0.2) is 9.18 Å². The number of piperidine rings is 1. The van der Waals surface area contributed by atoms with Crippen LogP contribution in [0.5, 0.6) is 5.75 Å². The summed E-state index contributed by atoms with van der Waals surface area (Å²) in [6.07, 6.45) is 3.35. The highest BCUT2D eigenvalue weighted by Crippen LogP contribution is 2.41. The number of pyridine rings is 1. The molecular formula is C29H32F2N2O6. The van der Waals surface area contributed by atoms with Gasteiger partial charge in [0.25, 0.3) is 0 Å². The summed E-state index contributed by atoms with van der Waals surface area (Å²) in [5.74, 6) is -3.74. The van der Waals surface area contributed by atoms with Crippen molar-refractivity contribution >= 4 is 16.9 Å². The molecule has 3 aromatic rings. The van der Waals surface area contributed by atoms with E-state index in [1.807, 2.05) is 30.3 Å². The highest BCUT2D eigenvalue weighted by atomic mass is 19.2. The fourth-order valence-corrected chi connectivity index (χ4v) is 5.27. The second kappa shape index (κ2) is 11.0. The average Bonchev–Trinajstić information content (AvgIpc) is 3.77. The molecule has 8 nitrogen and oxygen atoms in total. The SMILES string of the molecule is CCOC(=O)c1cn(C2CC2)c2c(OCC3C[C@@](O)(CO)CCN3Cc3ccccc3)c(F)c(F)cc2c1=O. The van der Waals surface area contributed by atoms with Gasteiger partial charge in [-0.3, -0.25) is 9.69 Å². The highest BCUT2D eigenvalue weighted by molar-refractivity contribution is 5.95. The number of nitrogens with zero attached hydrogens (tertiary/aromatic N) is 2. The van der Waals surface area contributed by atoms with Gasteiger partial charge in [-0.05, 0) is 44.2 Å². The lowest BCUT2D eigenvalue weighted by molar-refractivity contribution is -0.0873. The molecule has 2 fully saturated rings. The second-order valence-corrected chi connectivity index (χ2v) is 10.4. The minimum absolute atomic E-state index is 0.0624. The number of hydrogen-bond acceptors (Lipinski definition) is 7. The molecule has 0 radical (unpaired) electrons. The first-order chi connectivity index (χ1) is 18.7. The fourth-order valence-electron chi connectivity index (χ4n) is 5.27. The predicted octanol–water partition coefficient (Wildman–Crippen LogP) is 3.56. The van der Waals surface area contributed by atoms with Crippen LogP contribution in [-0.4, -0.2) is 63.7 Å². The van der Waals surface area contributed by atoms with Crippen molar-refractivity contribution in [2.24, 2.45) is 0 Å². The Bertz CT molecular complexity index is 1430. The number of ether oxygens (including phenoxy) is 2. The number of esters is 1. The first-order valence-electron chi connectivity index (χ1n) is 13.2. The molecule has 1 saturated heterocycles. The third kappa shape index (κ3) is 5.54. The zero-order valence-corrected chi connectivity index (χ0v) is 21.7. The van der Waals surface area contributed by atoms with Crippen LogP contribution in [0.2, 0.25) is 0 Å². The summed E-state index contributed by atoms with van der Waals surface area (Å²) in [4.78, 5) is 27.8. The van der Waals surface area contributed by atoms with E-state index in [0.29, 0.717) is 19.5 Å². The Morgan fingerprint density at radius 2 is 1.95 bits per heavy atom. The number of aliphatic hydroxyl groups excluding tert-OH is 1. The predicted molar refractivity (Wildman–Crippen MR) is 140 cm³/mol. The van der Waals surface area contributed by atoms with Crippen molar-refractivity contribution in [2.45, 2.75) is 56.8 Å². The van der Waals surface area contributed by atoms with E-state index in [1.54, 1.807) is 11.5 Å².